The summed E-state index contributed by atoms with van der Waals surface area (Å²) in [6, 6.07) is 8.03. The van der Waals surface area contributed by atoms with E-state index in [1.54, 1.807) is 24.3 Å². The van der Waals surface area contributed by atoms with E-state index in [2.05, 4.69) is 4.72 Å². The van der Waals surface area contributed by atoms with E-state index in [0.29, 0.717) is 4.90 Å². The molecule has 1 rings (SSSR count). The Labute approximate surface area is 85.1 Å². The highest BCUT2D eigenvalue weighted by atomic mass is 32.2. The van der Waals surface area contributed by atoms with Crippen molar-refractivity contribution in [3.05, 3.63) is 30.3 Å². The summed E-state index contributed by atoms with van der Waals surface area (Å²) in [6.07, 6.45) is 0. The Morgan fingerprint density at radius 3 is 2.50 bits per heavy atom. The number of hydrogen-bond acceptors (Lipinski definition) is 3. The maximum Gasteiger partial charge on any atom is 0.248 e. The maximum absolute atomic E-state index is 11.5. The summed E-state index contributed by atoms with van der Waals surface area (Å²) in [5, 5.41) is 0. The summed E-state index contributed by atoms with van der Waals surface area (Å²) in [5.41, 5.74) is 5.32. The minimum atomic E-state index is -1.51. The summed E-state index contributed by atoms with van der Waals surface area (Å²) in [7, 11) is -1.51. The van der Waals surface area contributed by atoms with Gasteiger partial charge in [0.05, 0.1) is 10.9 Å². The highest BCUT2D eigenvalue weighted by Gasteiger charge is 2.11. The molecule has 0 aliphatic rings. The fourth-order valence-electron chi connectivity index (χ4n) is 0.787. The van der Waals surface area contributed by atoms with Crippen LogP contribution in [-0.2, 0) is 15.8 Å². The van der Waals surface area contributed by atoms with Gasteiger partial charge in [0.1, 0.15) is 0 Å². The van der Waals surface area contributed by atoms with E-state index in [4.69, 9.17) is 5.73 Å². The van der Waals surface area contributed by atoms with Crippen LogP contribution in [0.5, 0.6) is 0 Å². The Hall–Kier alpha value is -1.20. The number of benzene rings is 1. The molecule has 2 atom stereocenters. The molecule has 5 heteroatoms. The highest BCUT2D eigenvalue weighted by molar-refractivity contribution is 7.83. The van der Waals surface area contributed by atoms with Crippen LogP contribution in [0, 0.1) is 0 Å². The maximum atomic E-state index is 11.5. The SMILES string of the molecule is CC(N)C(=O)NS(=O)c1ccccc1. The highest BCUT2D eigenvalue weighted by Crippen LogP contribution is 2.02. The van der Waals surface area contributed by atoms with Crippen LogP contribution in [0.2, 0.25) is 0 Å². The molecule has 0 fully saturated rings. The summed E-state index contributed by atoms with van der Waals surface area (Å²) in [4.78, 5) is 11.7. The lowest BCUT2D eigenvalue weighted by molar-refractivity contribution is -0.120. The number of rotatable bonds is 3. The minimum Gasteiger partial charge on any atom is -0.320 e. The van der Waals surface area contributed by atoms with Crippen molar-refractivity contribution in [3.8, 4) is 0 Å². The number of carbonyl (C=O) groups excluding carboxylic acids is 1. The molecule has 0 spiro atoms. The molecule has 0 radical (unpaired) electrons. The molecule has 1 amide bonds. The van der Waals surface area contributed by atoms with Gasteiger partial charge < -0.3 is 5.73 Å². The molecule has 0 heterocycles. The zero-order chi connectivity index (χ0) is 10.6. The first-order valence-electron chi connectivity index (χ1n) is 4.14. The summed E-state index contributed by atoms with van der Waals surface area (Å²) >= 11 is 0. The van der Waals surface area contributed by atoms with Crippen molar-refractivity contribution in [1.82, 2.24) is 4.72 Å². The second-order valence-electron chi connectivity index (χ2n) is 2.84. The van der Waals surface area contributed by atoms with Crippen molar-refractivity contribution in [3.63, 3.8) is 0 Å². The van der Waals surface area contributed by atoms with Gasteiger partial charge in [-0.15, -0.1) is 0 Å². The van der Waals surface area contributed by atoms with E-state index in [1.165, 1.54) is 6.92 Å². The van der Waals surface area contributed by atoms with Gasteiger partial charge in [-0.1, -0.05) is 18.2 Å². The van der Waals surface area contributed by atoms with Crippen LogP contribution >= 0.6 is 0 Å². The number of hydrogen-bond donors (Lipinski definition) is 2. The summed E-state index contributed by atoms with van der Waals surface area (Å²) < 4.78 is 13.8. The molecule has 76 valence electrons. The van der Waals surface area contributed by atoms with Crippen molar-refractivity contribution in [1.29, 1.82) is 0 Å². The van der Waals surface area contributed by atoms with Crippen molar-refractivity contribution in [2.45, 2.75) is 17.9 Å². The average Bonchev–Trinajstić information content (AvgIpc) is 2.19. The van der Waals surface area contributed by atoms with Gasteiger partial charge >= 0.3 is 0 Å². The van der Waals surface area contributed by atoms with E-state index in [9.17, 15) is 9.00 Å². The standard InChI is InChI=1S/C9H12N2O2S/c1-7(10)9(12)11-14(13)8-5-3-2-4-6-8/h2-7H,10H2,1H3,(H,11,12). The van der Waals surface area contributed by atoms with E-state index < -0.39 is 22.9 Å². The van der Waals surface area contributed by atoms with Crippen LogP contribution in [0.25, 0.3) is 0 Å². The van der Waals surface area contributed by atoms with E-state index in [0.717, 1.165) is 0 Å². The van der Waals surface area contributed by atoms with E-state index in [1.807, 2.05) is 6.07 Å². The van der Waals surface area contributed by atoms with Crippen LogP contribution in [0.15, 0.2) is 35.2 Å². The number of nitrogens with one attached hydrogen (secondary N) is 1. The molecule has 0 aliphatic heterocycles. The smallest absolute Gasteiger partial charge is 0.248 e. The molecule has 0 aromatic heterocycles. The quantitative estimate of drug-likeness (QED) is 0.750. The lowest BCUT2D eigenvalue weighted by Gasteiger charge is -2.06. The van der Waals surface area contributed by atoms with Crippen molar-refractivity contribution in [2.75, 3.05) is 0 Å². The van der Waals surface area contributed by atoms with Gasteiger partial charge in [-0.2, -0.15) is 0 Å². The first kappa shape index (κ1) is 10.9. The Bertz CT molecular complexity index is 338. The average molecular weight is 212 g/mol. The molecule has 14 heavy (non-hydrogen) atoms. The van der Waals surface area contributed by atoms with Crippen molar-refractivity contribution < 1.29 is 9.00 Å². The van der Waals surface area contributed by atoms with Gasteiger partial charge in [-0.05, 0) is 19.1 Å². The zero-order valence-corrected chi connectivity index (χ0v) is 8.58. The molecule has 1 aromatic carbocycles. The van der Waals surface area contributed by atoms with Crippen LogP contribution in [0.3, 0.4) is 0 Å². The molecular weight excluding hydrogens is 200 g/mol. The number of amides is 1. The topological polar surface area (TPSA) is 72.2 Å². The Morgan fingerprint density at radius 2 is 2.00 bits per heavy atom. The van der Waals surface area contributed by atoms with E-state index in [-0.39, 0.29) is 0 Å². The molecule has 0 saturated heterocycles. The molecule has 3 N–H and O–H groups in total. The monoisotopic (exact) mass is 212 g/mol. The Morgan fingerprint density at radius 1 is 1.43 bits per heavy atom. The Kier molecular flexibility index (Phi) is 3.79. The normalized spacial score (nSPS) is 14.4. The Balaban J connectivity index is 2.65. The van der Waals surface area contributed by atoms with Crippen LogP contribution in [0.4, 0.5) is 0 Å². The van der Waals surface area contributed by atoms with Gasteiger partial charge in [0.15, 0.2) is 11.0 Å². The predicted octanol–water partition coefficient (Wildman–Crippen LogP) is 0.173. The molecule has 0 saturated carbocycles. The fourth-order valence-corrected chi connectivity index (χ4v) is 1.68. The fraction of sp³-hybridized carbons (Fsp3) is 0.222. The largest absolute Gasteiger partial charge is 0.320 e. The predicted molar refractivity (Wildman–Crippen MR) is 54.6 cm³/mol. The third-order valence-electron chi connectivity index (χ3n) is 1.56. The number of nitrogens with two attached hydrogens (primary N) is 1. The van der Waals surface area contributed by atoms with Crippen LogP contribution in [0.1, 0.15) is 6.92 Å². The lowest BCUT2D eigenvalue weighted by atomic mass is 10.4. The van der Waals surface area contributed by atoms with Crippen molar-refractivity contribution >= 4 is 16.9 Å². The second kappa shape index (κ2) is 4.88. The van der Waals surface area contributed by atoms with Gasteiger partial charge in [-0.3, -0.25) is 9.52 Å². The van der Waals surface area contributed by atoms with Crippen LogP contribution < -0.4 is 10.5 Å². The third-order valence-corrected chi connectivity index (χ3v) is 2.65. The lowest BCUT2D eigenvalue weighted by Crippen LogP contribution is -2.39. The van der Waals surface area contributed by atoms with E-state index >= 15 is 0 Å². The second-order valence-corrected chi connectivity index (χ2v) is 4.05. The van der Waals surface area contributed by atoms with Gasteiger partial charge in [0.2, 0.25) is 5.91 Å². The van der Waals surface area contributed by atoms with Gasteiger partial charge in [-0.25, -0.2) is 4.21 Å². The summed E-state index contributed by atoms with van der Waals surface area (Å²) in [6.45, 7) is 1.54. The first-order valence-corrected chi connectivity index (χ1v) is 5.29. The molecule has 2 unspecified atom stereocenters. The molecule has 4 nitrogen and oxygen atoms in total. The molecule has 1 aromatic rings. The third kappa shape index (κ3) is 2.93. The molecular formula is C9H12N2O2S. The number of carbonyl (C=O) groups is 1. The summed E-state index contributed by atoms with van der Waals surface area (Å²) in [5.74, 6) is -0.424. The van der Waals surface area contributed by atoms with Crippen molar-refractivity contribution in [2.24, 2.45) is 5.73 Å². The first-order chi connectivity index (χ1) is 6.61. The minimum absolute atomic E-state index is 0.424. The van der Waals surface area contributed by atoms with Gasteiger partial charge in [0, 0.05) is 0 Å². The molecule has 0 bridgehead atoms. The molecule has 0 aliphatic carbocycles. The zero-order valence-electron chi connectivity index (χ0n) is 7.77. The van der Waals surface area contributed by atoms with Gasteiger partial charge in [0.25, 0.3) is 0 Å². The van der Waals surface area contributed by atoms with Crippen LogP contribution in [-0.4, -0.2) is 16.2 Å².